The molecule has 1 aromatic carbocycles. The number of aromatic nitrogens is 2. The van der Waals surface area contributed by atoms with E-state index < -0.39 is 10.0 Å². The number of hydrogen-bond acceptors (Lipinski definition) is 4. The van der Waals surface area contributed by atoms with Crippen LogP contribution >= 0.6 is 15.9 Å². The Labute approximate surface area is 125 Å². The Hall–Kier alpha value is -1.38. The summed E-state index contributed by atoms with van der Waals surface area (Å²) < 4.78 is 31.4. The number of hydrogen-bond donors (Lipinski definition) is 1. The van der Waals surface area contributed by atoms with Crippen LogP contribution in [0, 0.1) is 6.92 Å². The molecule has 2 N–H and O–H groups in total. The minimum atomic E-state index is -3.86. The van der Waals surface area contributed by atoms with Gasteiger partial charge in [0.25, 0.3) is 0 Å². The van der Waals surface area contributed by atoms with Gasteiger partial charge in [-0.1, -0.05) is 15.9 Å². The standard InChI is InChI=1S/C12H14BrN3O3S/c1-8-3-9(13)4-11(20(14,17)18)12(8)19-6-10-5-15-7-16(10)2/h3-5,7H,6H2,1-2H3,(H2,14,17,18). The Balaban J connectivity index is 2.38. The summed E-state index contributed by atoms with van der Waals surface area (Å²) in [6, 6.07) is 3.20. The predicted molar refractivity (Wildman–Crippen MR) is 77.8 cm³/mol. The summed E-state index contributed by atoms with van der Waals surface area (Å²) in [5, 5.41) is 5.23. The van der Waals surface area contributed by atoms with Gasteiger partial charge in [0, 0.05) is 11.5 Å². The van der Waals surface area contributed by atoms with Crippen molar-refractivity contribution in [1.29, 1.82) is 0 Å². The summed E-state index contributed by atoms with van der Waals surface area (Å²) in [4.78, 5) is 3.94. The lowest BCUT2D eigenvalue weighted by atomic mass is 10.2. The van der Waals surface area contributed by atoms with Gasteiger partial charge in [-0.25, -0.2) is 18.5 Å². The van der Waals surface area contributed by atoms with Crippen LogP contribution in [0.25, 0.3) is 0 Å². The molecule has 6 nitrogen and oxygen atoms in total. The molecule has 1 heterocycles. The van der Waals surface area contributed by atoms with Gasteiger partial charge >= 0.3 is 0 Å². The van der Waals surface area contributed by atoms with Crippen LogP contribution in [0.5, 0.6) is 5.75 Å². The van der Waals surface area contributed by atoms with Crippen molar-refractivity contribution >= 4 is 26.0 Å². The fourth-order valence-electron chi connectivity index (χ4n) is 1.77. The van der Waals surface area contributed by atoms with E-state index in [1.165, 1.54) is 6.07 Å². The summed E-state index contributed by atoms with van der Waals surface area (Å²) in [7, 11) is -2.02. The molecular formula is C12H14BrN3O3S. The van der Waals surface area contributed by atoms with Crippen molar-refractivity contribution in [1.82, 2.24) is 9.55 Å². The van der Waals surface area contributed by atoms with Crippen molar-refractivity contribution < 1.29 is 13.2 Å². The van der Waals surface area contributed by atoms with Gasteiger partial charge in [-0.05, 0) is 24.6 Å². The van der Waals surface area contributed by atoms with Crippen molar-refractivity contribution in [2.24, 2.45) is 12.2 Å². The highest BCUT2D eigenvalue weighted by molar-refractivity contribution is 9.10. The molecule has 0 fully saturated rings. The van der Waals surface area contributed by atoms with E-state index in [0.29, 0.717) is 10.0 Å². The molecule has 0 bridgehead atoms. The number of imidazole rings is 1. The molecule has 0 saturated heterocycles. The summed E-state index contributed by atoms with van der Waals surface area (Å²) in [6.07, 6.45) is 3.30. The Morgan fingerprint density at radius 1 is 1.45 bits per heavy atom. The monoisotopic (exact) mass is 359 g/mol. The summed E-state index contributed by atoms with van der Waals surface area (Å²) >= 11 is 3.25. The highest BCUT2D eigenvalue weighted by Crippen LogP contribution is 2.31. The zero-order valence-corrected chi connectivity index (χ0v) is 13.4. The van der Waals surface area contributed by atoms with E-state index in [1.54, 1.807) is 30.1 Å². The van der Waals surface area contributed by atoms with Gasteiger partial charge in [0.05, 0.1) is 18.2 Å². The van der Waals surface area contributed by atoms with E-state index in [-0.39, 0.29) is 17.3 Å². The third kappa shape index (κ3) is 3.20. The van der Waals surface area contributed by atoms with E-state index in [9.17, 15) is 8.42 Å². The maximum atomic E-state index is 11.6. The fourth-order valence-corrected chi connectivity index (χ4v) is 3.26. The molecule has 0 saturated carbocycles. The molecule has 8 heteroatoms. The van der Waals surface area contributed by atoms with Gasteiger partial charge < -0.3 is 9.30 Å². The van der Waals surface area contributed by atoms with Crippen molar-refractivity contribution in [2.45, 2.75) is 18.4 Å². The van der Waals surface area contributed by atoms with Gasteiger partial charge in [-0.2, -0.15) is 0 Å². The van der Waals surface area contributed by atoms with Crippen molar-refractivity contribution in [3.8, 4) is 5.75 Å². The lowest BCUT2D eigenvalue weighted by molar-refractivity contribution is 0.287. The van der Waals surface area contributed by atoms with Crippen LogP contribution in [0.2, 0.25) is 0 Å². The second-order valence-electron chi connectivity index (χ2n) is 4.38. The molecule has 0 spiro atoms. The first-order valence-electron chi connectivity index (χ1n) is 5.70. The van der Waals surface area contributed by atoms with Crippen LogP contribution < -0.4 is 9.88 Å². The zero-order valence-electron chi connectivity index (χ0n) is 11.0. The zero-order chi connectivity index (χ0) is 14.9. The number of nitrogens with zero attached hydrogens (tertiary/aromatic N) is 2. The van der Waals surface area contributed by atoms with Crippen molar-refractivity contribution in [2.75, 3.05) is 0 Å². The number of halogens is 1. The third-order valence-corrected chi connectivity index (χ3v) is 4.17. The molecule has 0 radical (unpaired) electrons. The Morgan fingerprint density at radius 3 is 2.70 bits per heavy atom. The average molecular weight is 360 g/mol. The highest BCUT2D eigenvalue weighted by atomic mass is 79.9. The largest absolute Gasteiger partial charge is 0.486 e. The van der Waals surface area contributed by atoms with Crippen molar-refractivity contribution in [3.63, 3.8) is 0 Å². The topological polar surface area (TPSA) is 87.2 Å². The molecule has 0 aliphatic carbocycles. The normalized spacial score (nSPS) is 11.6. The SMILES string of the molecule is Cc1cc(Br)cc(S(N)(=O)=O)c1OCc1cncn1C. The lowest BCUT2D eigenvalue weighted by Gasteiger charge is -2.13. The number of sulfonamides is 1. The third-order valence-electron chi connectivity index (χ3n) is 2.79. The van der Waals surface area contributed by atoms with Gasteiger partial charge in [-0.15, -0.1) is 0 Å². The molecule has 108 valence electrons. The van der Waals surface area contributed by atoms with Crippen LogP contribution in [-0.2, 0) is 23.7 Å². The number of ether oxygens (including phenoxy) is 1. The molecule has 0 atom stereocenters. The van der Waals surface area contributed by atoms with Gasteiger partial charge in [-0.3, -0.25) is 0 Å². The van der Waals surface area contributed by atoms with E-state index in [2.05, 4.69) is 20.9 Å². The smallest absolute Gasteiger partial charge is 0.241 e. The first kappa shape index (κ1) is 15.0. The van der Waals surface area contributed by atoms with Crippen LogP contribution in [0.4, 0.5) is 0 Å². The van der Waals surface area contributed by atoms with E-state index in [0.717, 1.165) is 5.69 Å². The molecule has 20 heavy (non-hydrogen) atoms. The van der Waals surface area contributed by atoms with E-state index >= 15 is 0 Å². The lowest BCUT2D eigenvalue weighted by Crippen LogP contribution is -2.15. The Bertz CT molecular complexity index is 740. The first-order valence-corrected chi connectivity index (χ1v) is 8.04. The quantitative estimate of drug-likeness (QED) is 0.899. The fraction of sp³-hybridized carbons (Fsp3) is 0.250. The molecular weight excluding hydrogens is 346 g/mol. The number of aryl methyl sites for hydroxylation is 2. The Kier molecular flexibility index (Phi) is 4.17. The van der Waals surface area contributed by atoms with Crippen molar-refractivity contribution in [3.05, 3.63) is 40.4 Å². The van der Waals surface area contributed by atoms with Crippen LogP contribution in [0.3, 0.4) is 0 Å². The van der Waals surface area contributed by atoms with E-state index in [1.807, 2.05) is 7.05 Å². The van der Waals surface area contributed by atoms with Crippen LogP contribution in [-0.4, -0.2) is 18.0 Å². The first-order chi connectivity index (χ1) is 9.29. The van der Waals surface area contributed by atoms with Gasteiger partial charge in [0.1, 0.15) is 17.3 Å². The maximum Gasteiger partial charge on any atom is 0.241 e. The predicted octanol–water partition coefficient (Wildman–Crippen LogP) is 1.72. The number of nitrogens with two attached hydrogens (primary N) is 1. The molecule has 0 aliphatic rings. The Morgan fingerprint density at radius 2 is 2.15 bits per heavy atom. The van der Waals surface area contributed by atoms with Crippen LogP contribution in [0.1, 0.15) is 11.3 Å². The highest BCUT2D eigenvalue weighted by Gasteiger charge is 2.19. The average Bonchev–Trinajstić information content (AvgIpc) is 2.72. The molecule has 2 rings (SSSR count). The molecule has 0 amide bonds. The number of benzene rings is 1. The molecule has 1 aromatic heterocycles. The van der Waals surface area contributed by atoms with Gasteiger partial charge in [0.15, 0.2) is 0 Å². The molecule has 2 aromatic rings. The number of primary sulfonamides is 1. The second-order valence-corrected chi connectivity index (χ2v) is 6.83. The molecule has 0 unspecified atom stereocenters. The second kappa shape index (κ2) is 5.55. The summed E-state index contributed by atoms with van der Waals surface area (Å²) in [6.45, 7) is 1.97. The minimum Gasteiger partial charge on any atom is -0.486 e. The maximum absolute atomic E-state index is 11.6. The summed E-state index contributed by atoms with van der Waals surface area (Å²) in [5.74, 6) is 0.261. The van der Waals surface area contributed by atoms with Crippen LogP contribution in [0.15, 0.2) is 34.0 Å². The minimum absolute atomic E-state index is 0.0356. The number of rotatable bonds is 4. The van der Waals surface area contributed by atoms with E-state index in [4.69, 9.17) is 9.88 Å². The van der Waals surface area contributed by atoms with Gasteiger partial charge in [0.2, 0.25) is 10.0 Å². The molecule has 0 aliphatic heterocycles. The summed E-state index contributed by atoms with van der Waals surface area (Å²) in [5.41, 5.74) is 1.51.